The lowest BCUT2D eigenvalue weighted by atomic mass is 10.0. The minimum atomic E-state index is -0.853. The minimum Gasteiger partial charge on any atom is -0.466 e. The predicted octanol–water partition coefficient (Wildman–Crippen LogP) is 18.0. The monoisotopic (exact) mass is 928 g/mol. The van der Waals surface area contributed by atoms with Crippen LogP contribution in [0.5, 0.6) is 0 Å². The first-order valence-corrected chi connectivity index (χ1v) is 29.3. The summed E-state index contributed by atoms with van der Waals surface area (Å²) in [5.74, 6) is -0.0908. The molecule has 388 valence electrons. The van der Waals surface area contributed by atoms with Crippen LogP contribution < -0.4 is 5.32 Å². The molecule has 0 aromatic carbocycles. The van der Waals surface area contributed by atoms with Crippen LogP contribution in [0.1, 0.15) is 309 Å². The molecule has 0 aliphatic heterocycles. The summed E-state index contributed by atoms with van der Waals surface area (Å²) in [4.78, 5) is 24.5. The van der Waals surface area contributed by atoms with Gasteiger partial charge in [-0.05, 0) is 83.5 Å². The zero-order chi connectivity index (χ0) is 47.9. The van der Waals surface area contributed by atoms with Gasteiger partial charge < -0.3 is 20.3 Å². The maximum absolute atomic E-state index is 12.5. The number of rotatable bonds is 54. The summed E-state index contributed by atoms with van der Waals surface area (Å²) in [6.45, 7) is 4.87. The Hall–Kier alpha value is -1.92. The van der Waals surface area contributed by atoms with Crippen molar-refractivity contribution in [1.82, 2.24) is 5.32 Å². The van der Waals surface area contributed by atoms with Gasteiger partial charge >= 0.3 is 5.97 Å². The summed E-state index contributed by atoms with van der Waals surface area (Å²) in [5, 5.41) is 23.2. The number of allylic oxidation sites excluding steroid dienone is 5. The lowest BCUT2D eigenvalue weighted by Gasteiger charge is -2.20. The Bertz CT molecular complexity index is 1070. The molecule has 0 aliphatic carbocycles. The third-order valence-corrected chi connectivity index (χ3v) is 13.4. The van der Waals surface area contributed by atoms with Crippen LogP contribution in [0.15, 0.2) is 36.5 Å². The van der Waals surface area contributed by atoms with E-state index >= 15 is 0 Å². The van der Waals surface area contributed by atoms with Crippen molar-refractivity contribution < 1.29 is 24.5 Å². The van der Waals surface area contributed by atoms with E-state index in [1.165, 1.54) is 225 Å². The Morgan fingerprint density at radius 2 is 0.712 bits per heavy atom. The number of hydrogen-bond acceptors (Lipinski definition) is 5. The Kier molecular flexibility index (Phi) is 54.1. The van der Waals surface area contributed by atoms with E-state index in [4.69, 9.17) is 4.74 Å². The van der Waals surface area contributed by atoms with Crippen molar-refractivity contribution in [1.29, 1.82) is 0 Å². The van der Waals surface area contributed by atoms with Gasteiger partial charge in [0.25, 0.3) is 0 Å². The second-order valence-electron chi connectivity index (χ2n) is 20.0. The quantitative estimate of drug-likeness (QED) is 0.0321. The first-order chi connectivity index (χ1) is 32.5. The van der Waals surface area contributed by atoms with E-state index in [1.807, 2.05) is 6.08 Å². The Balaban J connectivity index is 3.50. The topological polar surface area (TPSA) is 95.9 Å². The third kappa shape index (κ3) is 51.5. The molecule has 6 heteroatoms. The lowest BCUT2D eigenvalue weighted by Crippen LogP contribution is -2.45. The molecular formula is C60H113NO5. The highest BCUT2D eigenvalue weighted by Gasteiger charge is 2.18. The Labute approximate surface area is 411 Å². The van der Waals surface area contributed by atoms with Crippen LogP contribution in [0.4, 0.5) is 0 Å². The molecule has 0 heterocycles. The standard InChI is InChI=1S/C60H113NO5/c1-3-5-7-9-11-13-15-17-18-19-20-22-25-29-32-36-40-44-48-52-58(63)57(56-62)61-59(64)53-49-45-41-37-33-30-26-23-21-24-27-31-35-39-43-47-51-55-66-60(65)54-50-46-42-38-34-28-16-14-12-10-8-6-4-2/h14,16,21,24,48,52,57-58,62-63H,3-13,15,17-20,22-23,25-47,49-51,53-56H2,1-2H3,(H,61,64)/b16-14-,24-21-,52-48+. The third-order valence-electron chi connectivity index (χ3n) is 13.4. The van der Waals surface area contributed by atoms with Gasteiger partial charge in [-0.2, -0.15) is 0 Å². The number of hydrogen-bond donors (Lipinski definition) is 3. The molecule has 0 bridgehead atoms. The van der Waals surface area contributed by atoms with Gasteiger partial charge in [0.2, 0.25) is 5.91 Å². The van der Waals surface area contributed by atoms with Crippen molar-refractivity contribution >= 4 is 11.9 Å². The predicted molar refractivity (Wildman–Crippen MR) is 287 cm³/mol. The highest BCUT2D eigenvalue weighted by molar-refractivity contribution is 5.76. The van der Waals surface area contributed by atoms with Gasteiger partial charge in [0, 0.05) is 12.8 Å². The first kappa shape index (κ1) is 64.1. The van der Waals surface area contributed by atoms with Crippen molar-refractivity contribution in [2.45, 2.75) is 321 Å². The van der Waals surface area contributed by atoms with Gasteiger partial charge in [0.1, 0.15) is 0 Å². The van der Waals surface area contributed by atoms with Crippen LogP contribution >= 0.6 is 0 Å². The summed E-state index contributed by atoms with van der Waals surface area (Å²) in [6, 6.07) is -0.638. The molecule has 3 N–H and O–H groups in total. The molecule has 6 nitrogen and oxygen atoms in total. The summed E-state index contributed by atoms with van der Waals surface area (Å²) >= 11 is 0. The summed E-state index contributed by atoms with van der Waals surface area (Å²) in [6.07, 6.45) is 68.8. The number of amides is 1. The summed E-state index contributed by atoms with van der Waals surface area (Å²) < 4.78 is 5.46. The molecule has 0 aromatic heterocycles. The van der Waals surface area contributed by atoms with Gasteiger partial charge in [0.05, 0.1) is 25.4 Å². The number of unbranched alkanes of at least 4 members (excludes halogenated alkanes) is 39. The number of nitrogens with one attached hydrogen (secondary N) is 1. The molecular weight excluding hydrogens is 815 g/mol. The maximum atomic E-state index is 12.5. The van der Waals surface area contributed by atoms with Gasteiger partial charge in [0.15, 0.2) is 0 Å². The van der Waals surface area contributed by atoms with E-state index in [2.05, 4.69) is 43.5 Å². The fourth-order valence-corrected chi connectivity index (χ4v) is 8.86. The second kappa shape index (κ2) is 55.7. The number of ether oxygens (including phenoxy) is 1. The number of esters is 1. The second-order valence-corrected chi connectivity index (χ2v) is 20.0. The van der Waals surface area contributed by atoms with Gasteiger partial charge in [-0.1, -0.05) is 249 Å². The smallest absolute Gasteiger partial charge is 0.305 e. The molecule has 0 aromatic rings. The highest BCUT2D eigenvalue weighted by atomic mass is 16.5. The first-order valence-electron chi connectivity index (χ1n) is 29.3. The summed E-state index contributed by atoms with van der Waals surface area (Å²) in [7, 11) is 0. The van der Waals surface area contributed by atoms with Gasteiger partial charge in [-0.25, -0.2) is 0 Å². The van der Waals surface area contributed by atoms with Crippen LogP contribution in [-0.4, -0.2) is 47.4 Å². The fraction of sp³-hybridized carbons (Fsp3) is 0.867. The zero-order valence-electron chi connectivity index (χ0n) is 44.2. The van der Waals surface area contributed by atoms with E-state index < -0.39 is 12.1 Å². The van der Waals surface area contributed by atoms with E-state index in [0.29, 0.717) is 19.4 Å². The van der Waals surface area contributed by atoms with Gasteiger partial charge in [-0.15, -0.1) is 0 Å². The van der Waals surface area contributed by atoms with Crippen LogP contribution in [0.3, 0.4) is 0 Å². The number of aliphatic hydroxyl groups is 2. The van der Waals surface area contributed by atoms with Crippen LogP contribution in [0, 0.1) is 0 Å². The number of carbonyl (C=O) groups excluding carboxylic acids is 2. The average Bonchev–Trinajstić information content (AvgIpc) is 3.32. The number of carbonyl (C=O) groups is 2. The van der Waals surface area contributed by atoms with E-state index in [1.54, 1.807) is 6.08 Å². The summed E-state index contributed by atoms with van der Waals surface area (Å²) in [5.41, 5.74) is 0. The molecule has 0 spiro atoms. The Morgan fingerprint density at radius 1 is 0.409 bits per heavy atom. The molecule has 2 unspecified atom stereocenters. The van der Waals surface area contributed by atoms with Crippen molar-refractivity contribution in [3.05, 3.63) is 36.5 Å². The molecule has 0 fully saturated rings. The average molecular weight is 929 g/mol. The van der Waals surface area contributed by atoms with Crippen molar-refractivity contribution in [3.8, 4) is 0 Å². The van der Waals surface area contributed by atoms with E-state index in [9.17, 15) is 19.8 Å². The maximum Gasteiger partial charge on any atom is 0.305 e. The lowest BCUT2D eigenvalue weighted by molar-refractivity contribution is -0.143. The van der Waals surface area contributed by atoms with Crippen LogP contribution in [0.25, 0.3) is 0 Å². The fourth-order valence-electron chi connectivity index (χ4n) is 8.86. The molecule has 0 saturated carbocycles. The largest absolute Gasteiger partial charge is 0.466 e. The van der Waals surface area contributed by atoms with E-state index in [-0.39, 0.29) is 18.5 Å². The molecule has 2 atom stereocenters. The molecule has 0 aliphatic rings. The number of aliphatic hydroxyl groups excluding tert-OH is 2. The molecule has 66 heavy (non-hydrogen) atoms. The molecule has 0 rings (SSSR count). The molecule has 0 radical (unpaired) electrons. The van der Waals surface area contributed by atoms with Crippen LogP contribution in [-0.2, 0) is 14.3 Å². The normalized spacial score (nSPS) is 12.8. The molecule has 1 amide bonds. The van der Waals surface area contributed by atoms with Crippen molar-refractivity contribution in [3.63, 3.8) is 0 Å². The van der Waals surface area contributed by atoms with Crippen molar-refractivity contribution in [2.24, 2.45) is 0 Å². The molecule has 0 saturated heterocycles. The SMILES string of the molecule is CCCCCC/C=C\CCCCCCCC(=O)OCCCCCCCC/C=C\CCCCCCCCCC(=O)NC(CO)C(O)/C=C/CCCCCCCCCCCCCCCCCCC. The van der Waals surface area contributed by atoms with Gasteiger partial charge in [-0.3, -0.25) is 9.59 Å². The highest BCUT2D eigenvalue weighted by Crippen LogP contribution is 2.16. The van der Waals surface area contributed by atoms with Crippen LogP contribution in [0.2, 0.25) is 0 Å². The minimum absolute atomic E-state index is 0.0121. The van der Waals surface area contributed by atoms with E-state index in [0.717, 1.165) is 57.8 Å². The van der Waals surface area contributed by atoms with Crippen molar-refractivity contribution in [2.75, 3.05) is 13.2 Å². The zero-order valence-corrected chi connectivity index (χ0v) is 44.2. The Morgan fingerprint density at radius 3 is 1.09 bits per heavy atom.